The van der Waals surface area contributed by atoms with Crippen LogP contribution in [-0.4, -0.2) is 13.0 Å². The SMILES string of the molecule is CNNC(=O)CCCc1c(C)c(C)cc(C)c1C. The molecule has 0 atom stereocenters. The molecule has 0 aromatic heterocycles. The second-order valence-corrected chi connectivity index (χ2v) is 4.89. The lowest BCUT2D eigenvalue weighted by Gasteiger charge is -2.15. The predicted octanol–water partition coefficient (Wildman–Crippen LogP) is 2.49. The first-order valence-corrected chi connectivity index (χ1v) is 6.49. The third kappa shape index (κ3) is 3.57. The standard InChI is InChI=1S/C15H24N2O/c1-10-9-11(2)13(4)14(12(10)3)7-6-8-15(18)17-16-5/h9,16H,6-8H2,1-5H3,(H,17,18). The largest absolute Gasteiger partial charge is 0.292 e. The summed E-state index contributed by atoms with van der Waals surface area (Å²) < 4.78 is 0. The van der Waals surface area contributed by atoms with Crippen LogP contribution in [0, 0.1) is 27.7 Å². The molecule has 2 N–H and O–H groups in total. The predicted molar refractivity (Wildman–Crippen MR) is 75.5 cm³/mol. The maximum absolute atomic E-state index is 11.4. The van der Waals surface area contributed by atoms with Crippen LogP contribution < -0.4 is 10.9 Å². The van der Waals surface area contributed by atoms with Gasteiger partial charge in [-0.1, -0.05) is 6.07 Å². The Morgan fingerprint density at radius 2 is 1.67 bits per heavy atom. The average Bonchev–Trinajstić information content (AvgIpc) is 2.31. The van der Waals surface area contributed by atoms with Gasteiger partial charge in [-0.05, 0) is 68.4 Å². The molecule has 3 nitrogen and oxygen atoms in total. The number of hydrogen-bond donors (Lipinski definition) is 2. The molecule has 1 aromatic rings. The van der Waals surface area contributed by atoms with Gasteiger partial charge >= 0.3 is 0 Å². The van der Waals surface area contributed by atoms with E-state index in [9.17, 15) is 4.79 Å². The molecule has 0 bridgehead atoms. The lowest BCUT2D eigenvalue weighted by atomic mass is 9.91. The van der Waals surface area contributed by atoms with Crippen LogP contribution in [0.4, 0.5) is 0 Å². The van der Waals surface area contributed by atoms with Crippen LogP contribution in [-0.2, 0) is 11.2 Å². The van der Waals surface area contributed by atoms with Crippen molar-refractivity contribution in [2.45, 2.75) is 47.0 Å². The maximum atomic E-state index is 11.4. The molecule has 0 saturated heterocycles. The molecule has 18 heavy (non-hydrogen) atoms. The van der Waals surface area contributed by atoms with Crippen LogP contribution in [0.3, 0.4) is 0 Å². The van der Waals surface area contributed by atoms with Gasteiger partial charge in [0, 0.05) is 13.5 Å². The third-order valence-electron chi connectivity index (χ3n) is 3.62. The van der Waals surface area contributed by atoms with E-state index in [4.69, 9.17) is 0 Å². The van der Waals surface area contributed by atoms with Crippen LogP contribution in [0.15, 0.2) is 6.07 Å². The molecule has 0 aliphatic rings. The second kappa shape index (κ2) is 6.55. The summed E-state index contributed by atoms with van der Waals surface area (Å²) in [5, 5.41) is 0. The number of benzene rings is 1. The van der Waals surface area contributed by atoms with E-state index in [1.54, 1.807) is 7.05 Å². The van der Waals surface area contributed by atoms with Gasteiger partial charge in [0.2, 0.25) is 5.91 Å². The zero-order valence-electron chi connectivity index (χ0n) is 12.1. The molecule has 0 saturated carbocycles. The first-order valence-electron chi connectivity index (χ1n) is 6.49. The van der Waals surface area contributed by atoms with E-state index in [-0.39, 0.29) is 5.91 Å². The minimum absolute atomic E-state index is 0.0529. The molecular weight excluding hydrogens is 224 g/mol. The van der Waals surface area contributed by atoms with Gasteiger partial charge in [0.05, 0.1) is 0 Å². The van der Waals surface area contributed by atoms with Crippen molar-refractivity contribution in [3.8, 4) is 0 Å². The number of aryl methyl sites for hydroxylation is 2. The van der Waals surface area contributed by atoms with Crippen LogP contribution in [0.5, 0.6) is 0 Å². The molecule has 0 heterocycles. The highest BCUT2D eigenvalue weighted by Gasteiger charge is 2.09. The summed E-state index contributed by atoms with van der Waals surface area (Å²) in [6.07, 6.45) is 2.42. The highest BCUT2D eigenvalue weighted by atomic mass is 16.2. The summed E-state index contributed by atoms with van der Waals surface area (Å²) in [7, 11) is 1.70. The Morgan fingerprint density at radius 1 is 1.11 bits per heavy atom. The molecular formula is C15H24N2O. The van der Waals surface area contributed by atoms with E-state index in [0.29, 0.717) is 6.42 Å². The van der Waals surface area contributed by atoms with Crippen molar-refractivity contribution in [2.75, 3.05) is 7.05 Å². The topological polar surface area (TPSA) is 41.1 Å². The van der Waals surface area contributed by atoms with Crippen LogP contribution in [0.2, 0.25) is 0 Å². The molecule has 0 aliphatic heterocycles. The van der Waals surface area contributed by atoms with Crippen molar-refractivity contribution in [3.63, 3.8) is 0 Å². The van der Waals surface area contributed by atoms with Gasteiger partial charge in [-0.25, -0.2) is 5.43 Å². The quantitative estimate of drug-likeness (QED) is 0.786. The van der Waals surface area contributed by atoms with E-state index in [1.807, 2.05) is 0 Å². The summed E-state index contributed by atoms with van der Waals surface area (Å²) in [6.45, 7) is 8.65. The molecule has 100 valence electrons. The number of carbonyl (C=O) groups excluding carboxylic acids is 1. The van der Waals surface area contributed by atoms with Crippen molar-refractivity contribution < 1.29 is 4.79 Å². The highest BCUT2D eigenvalue weighted by Crippen LogP contribution is 2.23. The van der Waals surface area contributed by atoms with Crippen LogP contribution in [0.1, 0.15) is 40.7 Å². The average molecular weight is 248 g/mol. The van der Waals surface area contributed by atoms with E-state index >= 15 is 0 Å². The lowest BCUT2D eigenvalue weighted by molar-refractivity contribution is -0.122. The first kappa shape index (κ1) is 14.7. The Bertz CT molecular complexity index is 412. The Morgan fingerprint density at radius 3 is 2.17 bits per heavy atom. The number of carbonyl (C=O) groups is 1. The molecule has 1 aromatic carbocycles. The normalized spacial score (nSPS) is 10.5. The van der Waals surface area contributed by atoms with Crippen molar-refractivity contribution in [1.82, 2.24) is 10.9 Å². The van der Waals surface area contributed by atoms with Crippen molar-refractivity contribution in [3.05, 3.63) is 33.9 Å². The Kier molecular flexibility index (Phi) is 5.35. The number of amides is 1. The minimum atomic E-state index is 0.0529. The van der Waals surface area contributed by atoms with Gasteiger partial charge in [0.15, 0.2) is 0 Å². The minimum Gasteiger partial charge on any atom is -0.292 e. The zero-order valence-corrected chi connectivity index (χ0v) is 12.1. The monoisotopic (exact) mass is 248 g/mol. The van der Waals surface area contributed by atoms with Gasteiger partial charge in [-0.2, -0.15) is 0 Å². The number of hydrazine groups is 1. The van der Waals surface area contributed by atoms with Gasteiger partial charge in [0.1, 0.15) is 0 Å². The fourth-order valence-corrected chi connectivity index (χ4v) is 2.30. The summed E-state index contributed by atoms with van der Waals surface area (Å²) >= 11 is 0. The smallest absolute Gasteiger partial charge is 0.234 e. The van der Waals surface area contributed by atoms with E-state index in [1.165, 1.54) is 27.8 Å². The molecule has 3 heteroatoms. The van der Waals surface area contributed by atoms with E-state index in [2.05, 4.69) is 44.6 Å². The Labute approximate surface area is 110 Å². The van der Waals surface area contributed by atoms with E-state index in [0.717, 1.165) is 12.8 Å². The molecule has 0 radical (unpaired) electrons. The van der Waals surface area contributed by atoms with Gasteiger partial charge in [-0.3, -0.25) is 10.2 Å². The molecule has 0 aliphatic carbocycles. The van der Waals surface area contributed by atoms with Crippen molar-refractivity contribution >= 4 is 5.91 Å². The Balaban J connectivity index is 2.70. The van der Waals surface area contributed by atoms with Crippen LogP contribution in [0.25, 0.3) is 0 Å². The lowest BCUT2D eigenvalue weighted by Crippen LogP contribution is -2.33. The summed E-state index contributed by atoms with van der Waals surface area (Å²) in [4.78, 5) is 11.4. The second-order valence-electron chi connectivity index (χ2n) is 4.89. The Hall–Kier alpha value is -1.35. The third-order valence-corrected chi connectivity index (χ3v) is 3.62. The summed E-state index contributed by atoms with van der Waals surface area (Å²) in [5.41, 5.74) is 12.1. The maximum Gasteiger partial charge on any atom is 0.234 e. The van der Waals surface area contributed by atoms with E-state index < -0.39 is 0 Å². The zero-order chi connectivity index (χ0) is 13.7. The van der Waals surface area contributed by atoms with Gasteiger partial charge < -0.3 is 0 Å². The highest BCUT2D eigenvalue weighted by molar-refractivity contribution is 5.75. The first-order chi connectivity index (χ1) is 8.47. The number of hydrogen-bond acceptors (Lipinski definition) is 2. The molecule has 1 rings (SSSR count). The fraction of sp³-hybridized carbons (Fsp3) is 0.533. The van der Waals surface area contributed by atoms with Gasteiger partial charge in [-0.15, -0.1) is 0 Å². The molecule has 0 fully saturated rings. The fourth-order valence-electron chi connectivity index (χ4n) is 2.30. The number of rotatable bonds is 5. The van der Waals surface area contributed by atoms with Crippen molar-refractivity contribution in [1.29, 1.82) is 0 Å². The van der Waals surface area contributed by atoms with Gasteiger partial charge in [0.25, 0.3) is 0 Å². The van der Waals surface area contributed by atoms with Crippen molar-refractivity contribution in [2.24, 2.45) is 0 Å². The van der Waals surface area contributed by atoms with Crippen LogP contribution >= 0.6 is 0 Å². The summed E-state index contributed by atoms with van der Waals surface area (Å²) in [5.74, 6) is 0.0529. The molecule has 0 spiro atoms. The molecule has 1 amide bonds. The molecule has 0 unspecified atom stereocenters. The number of nitrogens with one attached hydrogen (secondary N) is 2. The summed E-state index contributed by atoms with van der Waals surface area (Å²) in [6, 6.07) is 2.24.